The van der Waals surface area contributed by atoms with Gasteiger partial charge in [-0.1, -0.05) is 6.92 Å². The fraction of sp³-hybridized carbons (Fsp3) is 0.538. The molecule has 0 aromatic heterocycles. The fourth-order valence-corrected chi connectivity index (χ4v) is 3.73. The van der Waals surface area contributed by atoms with Crippen LogP contribution in [0.2, 0.25) is 0 Å². The van der Waals surface area contributed by atoms with Crippen molar-refractivity contribution in [2.45, 2.75) is 26.3 Å². The van der Waals surface area contributed by atoms with Crippen molar-refractivity contribution >= 4 is 10.2 Å². The van der Waals surface area contributed by atoms with Crippen molar-refractivity contribution in [3.63, 3.8) is 0 Å². The average molecular weight is 298 g/mol. The van der Waals surface area contributed by atoms with E-state index in [1.807, 2.05) is 19.1 Å². The first-order valence-electron chi connectivity index (χ1n) is 6.76. The summed E-state index contributed by atoms with van der Waals surface area (Å²) in [6.07, 6.45) is 1.47. The number of ether oxygens (including phenoxy) is 2. The standard InChI is InChI=1S/C13H18N2O4S/c1-2-4-14-20(16,17)15-5-3-10-6-12-13(19-9-18-12)7-11(10)8-15/h6-7,14H,2-5,8-9H2,1H3. The van der Waals surface area contributed by atoms with E-state index in [1.165, 1.54) is 4.31 Å². The van der Waals surface area contributed by atoms with Crippen molar-refractivity contribution in [1.82, 2.24) is 9.03 Å². The van der Waals surface area contributed by atoms with Gasteiger partial charge in [0.15, 0.2) is 11.5 Å². The summed E-state index contributed by atoms with van der Waals surface area (Å²) in [6, 6.07) is 3.85. The van der Waals surface area contributed by atoms with Gasteiger partial charge >= 0.3 is 0 Å². The van der Waals surface area contributed by atoms with E-state index in [1.54, 1.807) is 0 Å². The highest BCUT2D eigenvalue weighted by Crippen LogP contribution is 2.36. The van der Waals surface area contributed by atoms with Crippen molar-refractivity contribution in [1.29, 1.82) is 0 Å². The molecule has 0 aliphatic carbocycles. The molecule has 0 spiro atoms. The van der Waals surface area contributed by atoms with Gasteiger partial charge in [-0.15, -0.1) is 0 Å². The van der Waals surface area contributed by atoms with Crippen LogP contribution in [0.1, 0.15) is 24.5 Å². The monoisotopic (exact) mass is 298 g/mol. The maximum absolute atomic E-state index is 12.1. The second kappa shape index (κ2) is 5.23. The summed E-state index contributed by atoms with van der Waals surface area (Å²) in [6.45, 7) is 3.51. The van der Waals surface area contributed by atoms with Crippen molar-refractivity contribution < 1.29 is 17.9 Å². The lowest BCUT2D eigenvalue weighted by atomic mass is 10.0. The van der Waals surface area contributed by atoms with Crippen LogP contribution in [-0.4, -0.2) is 32.6 Å². The number of hydrogen-bond donors (Lipinski definition) is 1. The molecule has 110 valence electrons. The second-order valence-electron chi connectivity index (χ2n) is 4.96. The van der Waals surface area contributed by atoms with Gasteiger partial charge in [0.2, 0.25) is 6.79 Å². The Morgan fingerprint density at radius 2 is 1.95 bits per heavy atom. The van der Waals surface area contributed by atoms with Crippen LogP contribution in [0.15, 0.2) is 12.1 Å². The molecule has 0 saturated heterocycles. The molecule has 1 N–H and O–H groups in total. The molecule has 0 bridgehead atoms. The third-order valence-electron chi connectivity index (χ3n) is 3.55. The van der Waals surface area contributed by atoms with Gasteiger partial charge in [-0.2, -0.15) is 12.7 Å². The van der Waals surface area contributed by atoms with Crippen LogP contribution in [0.25, 0.3) is 0 Å². The topological polar surface area (TPSA) is 67.9 Å². The zero-order chi connectivity index (χ0) is 14.2. The Morgan fingerprint density at radius 1 is 1.25 bits per heavy atom. The maximum Gasteiger partial charge on any atom is 0.279 e. The quantitative estimate of drug-likeness (QED) is 0.901. The zero-order valence-electron chi connectivity index (χ0n) is 11.4. The van der Waals surface area contributed by atoms with Crippen LogP contribution in [0.3, 0.4) is 0 Å². The summed E-state index contributed by atoms with van der Waals surface area (Å²) in [5.41, 5.74) is 2.12. The highest BCUT2D eigenvalue weighted by atomic mass is 32.2. The summed E-state index contributed by atoms with van der Waals surface area (Å²) in [5, 5.41) is 0. The summed E-state index contributed by atoms with van der Waals surface area (Å²) < 4.78 is 39.1. The molecule has 3 rings (SSSR count). The number of nitrogens with zero attached hydrogens (tertiary/aromatic N) is 1. The molecule has 0 fully saturated rings. The number of rotatable bonds is 4. The van der Waals surface area contributed by atoms with Gasteiger partial charge in [-0.25, -0.2) is 4.72 Å². The van der Waals surface area contributed by atoms with E-state index in [2.05, 4.69) is 4.72 Å². The Bertz CT molecular complexity index is 615. The largest absolute Gasteiger partial charge is 0.454 e. The first-order chi connectivity index (χ1) is 9.60. The summed E-state index contributed by atoms with van der Waals surface area (Å²) in [5.74, 6) is 1.45. The smallest absolute Gasteiger partial charge is 0.279 e. The minimum absolute atomic E-state index is 0.234. The van der Waals surface area contributed by atoms with E-state index < -0.39 is 10.2 Å². The van der Waals surface area contributed by atoms with Crippen LogP contribution < -0.4 is 14.2 Å². The summed E-state index contributed by atoms with van der Waals surface area (Å²) in [7, 11) is -3.39. The Morgan fingerprint density at radius 3 is 2.65 bits per heavy atom. The molecular formula is C13H18N2O4S. The van der Waals surface area contributed by atoms with Crippen molar-refractivity contribution in [2.75, 3.05) is 19.9 Å². The molecule has 20 heavy (non-hydrogen) atoms. The van der Waals surface area contributed by atoms with Gasteiger partial charge in [0.25, 0.3) is 10.2 Å². The van der Waals surface area contributed by atoms with Crippen molar-refractivity contribution in [3.05, 3.63) is 23.3 Å². The van der Waals surface area contributed by atoms with Crippen LogP contribution in [0.4, 0.5) is 0 Å². The van der Waals surface area contributed by atoms with Gasteiger partial charge in [0.1, 0.15) is 0 Å². The van der Waals surface area contributed by atoms with Gasteiger partial charge in [0, 0.05) is 19.6 Å². The second-order valence-corrected chi connectivity index (χ2v) is 6.71. The molecule has 0 unspecified atom stereocenters. The molecule has 2 aliphatic heterocycles. The van der Waals surface area contributed by atoms with Gasteiger partial charge < -0.3 is 9.47 Å². The van der Waals surface area contributed by atoms with E-state index in [-0.39, 0.29) is 6.79 Å². The van der Waals surface area contributed by atoms with Crippen LogP contribution in [0.5, 0.6) is 11.5 Å². The zero-order valence-corrected chi connectivity index (χ0v) is 12.2. The average Bonchev–Trinajstić information content (AvgIpc) is 2.89. The van der Waals surface area contributed by atoms with E-state index in [0.29, 0.717) is 31.8 Å². The first kappa shape index (κ1) is 13.7. The molecule has 6 nitrogen and oxygen atoms in total. The van der Waals surface area contributed by atoms with Gasteiger partial charge in [-0.3, -0.25) is 0 Å². The predicted octanol–water partition coefficient (Wildman–Crippen LogP) is 1.02. The normalized spacial score (nSPS) is 18.1. The van der Waals surface area contributed by atoms with Gasteiger partial charge in [-0.05, 0) is 36.1 Å². The lowest BCUT2D eigenvalue weighted by Gasteiger charge is -2.28. The van der Waals surface area contributed by atoms with Crippen LogP contribution in [-0.2, 0) is 23.2 Å². The highest BCUT2D eigenvalue weighted by Gasteiger charge is 2.28. The minimum atomic E-state index is -3.39. The third kappa shape index (κ3) is 2.48. The Kier molecular flexibility index (Phi) is 3.57. The predicted molar refractivity (Wildman–Crippen MR) is 73.9 cm³/mol. The van der Waals surface area contributed by atoms with Crippen LogP contribution >= 0.6 is 0 Å². The SMILES string of the molecule is CCCNS(=O)(=O)N1CCc2cc3c(cc2C1)OCO3. The third-order valence-corrected chi connectivity index (χ3v) is 5.11. The van der Waals surface area contributed by atoms with Crippen molar-refractivity contribution in [2.24, 2.45) is 0 Å². The van der Waals surface area contributed by atoms with E-state index in [4.69, 9.17) is 9.47 Å². The number of nitrogens with one attached hydrogen (secondary N) is 1. The highest BCUT2D eigenvalue weighted by molar-refractivity contribution is 7.87. The number of benzene rings is 1. The molecule has 0 atom stereocenters. The van der Waals surface area contributed by atoms with Crippen LogP contribution in [0, 0.1) is 0 Å². The number of hydrogen-bond acceptors (Lipinski definition) is 4. The lowest BCUT2D eigenvalue weighted by molar-refractivity contribution is 0.174. The van der Waals surface area contributed by atoms with E-state index in [9.17, 15) is 8.42 Å². The van der Waals surface area contributed by atoms with Crippen molar-refractivity contribution in [3.8, 4) is 11.5 Å². The summed E-state index contributed by atoms with van der Waals surface area (Å²) in [4.78, 5) is 0. The molecule has 0 radical (unpaired) electrons. The lowest BCUT2D eigenvalue weighted by Crippen LogP contribution is -2.43. The fourth-order valence-electron chi connectivity index (χ4n) is 2.45. The Balaban J connectivity index is 1.82. The number of fused-ring (bicyclic) bond motifs is 2. The van der Waals surface area contributed by atoms with E-state index in [0.717, 1.165) is 23.3 Å². The molecule has 7 heteroatoms. The molecular weight excluding hydrogens is 280 g/mol. The molecule has 2 heterocycles. The van der Waals surface area contributed by atoms with E-state index >= 15 is 0 Å². The molecule has 1 aromatic carbocycles. The maximum atomic E-state index is 12.1. The molecule has 0 saturated carbocycles. The Labute approximate surface area is 118 Å². The Hall–Kier alpha value is -1.31. The molecule has 0 amide bonds. The van der Waals surface area contributed by atoms with Gasteiger partial charge in [0.05, 0.1) is 0 Å². The first-order valence-corrected chi connectivity index (χ1v) is 8.20. The summed E-state index contributed by atoms with van der Waals surface area (Å²) >= 11 is 0. The minimum Gasteiger partial charge on any atom is -0.454 e. The molecule has 1 aromatic rings. The molecule has 2 aliphatic rings.